The van der Waals surface area contributed by atoms with E-state index in [-0.39, 0.29) is 5.63 Å². The molecule has 1 aromatic heterocycles. The van der Waals surface area contributed by atoms with E-state index in [1.807, 2.05) is 12.1 Å². The monoisotopic (exact) mass is 302 g/mol. The van der Waals surface area contributed by atoms with Crippen molar-refractivity contribution in [3.05, 3.63) is 40.2 Å². The molecule has 1 aliphatic rings. The quantitative estimate of drug-likeness (QED) is 0.697. The molecule has 0 unspecified atom stereocenters. The first-order chi connectivity index (χ1) is 10.8. The molecule has 1 fully saturated rings. The molecule has 0 atom stereocenters. The molecule has 118 valence electrons. The van der Waals surface area contributed by atoms with E-state index in [1.165, 1.54) is 38.5 Å². The van der Waals surface area contributed by atoms with Gasteiger partial charge < -0.3 is 14.5 Å². The zero-order valence-corrected chi connectivity index (χ0v) is 13.1. The molecule has 3 rings (SSSR count). The van der Waals surface area contributed by atoms with Crippen molar-refractivity contribution >= 4 is 11.0 Å². The fourth-order valence-electron chi connectivity index (χ4n) is 3.35. The summed E-state index contributed by atoms with van der Waals surface area (Å²) in [4.78, 5) is 11.8. The molecule has 0 spiro atoms. The molecule has 2 aromatic rings. The zero-order chi connectivity index (χ0) is 15.4. The van der Waals surface area contributed by atoms with Crippen LogP contribution in [0.4, 0.5) is 0 Å². The molecule has 1 saturated carbocycles. The largest absolute Gasteiger partial charge is 0.497 e. The lowest BCUT2D eigenvalue weighted by Crippen LogP contribution is -2.88. The molecule has 1 heterocycles. The van der Waals surface area contributed by atoms with Crippen LogP contribution in [0.1, 0.15) is 44.1 Å². The predicted octanol–water partition coefficient (Wildman–Crippen LogP) is 2.59. The number of hydrogen-bond donors (Lipinski definition) is 1. The molecule has 0 aliphatic heterocycles. The summed E-state index contributed by atoms with van der Waals surface area (Å²) in [5.74, 6) is 0.709. The van der Waals surface area contributed by atoms with Gasteiger partial charge >= 0.3 is 5.63 Å². The molecule has 0 saturated heterocycles. The number of quaternary nitrogens is 1. The Morgan fingerprint density at radius 1 is 1.18 bits per heavy atom. The van der Waals surface area contributed by atoms with E-state index in [0.29, 0.717) is 17.4 Å². The predicted molar refractivity (Wildman–Crippen MR) is 86.2 cm³/mol. The van der Waals surface area contributed by atoms with Crippen molar-refractivity contribution in [2.24, 2.45) is 0 Å². The van der Waals surface area contributed by atoms with Crippen molar-refractivity contribution in [3.8, 4) is 5.75 Å². The SMILES string of the molecule is COc1ccc2c(C[NH2+]C3CCCCCC3)cc(=O)oc2c1. The van der Waals surface area contributed by atoms with Crippen molar-refractivity contribution < 1.29 is 14.5 Å². The zero-order valence-electron chi connectivity index (χ0n) is 13.1. The minimum atomic E-state index is -0.287. The van der Waals surface area contributed by atoms with Gasteiger partial charge in [-0.15, -0.1) is 0 Å². The van der Waals surface area contributed by atoms with Gasteiger partial charge in [-0.2, -0.15) is 0 Å². The molecule has 22 heavy (non-hydrogen) atoms. The fourth-order valence-corrected chi connectivity index (χ4v) is 3.35. The highest BCUT2D eigenvalue weighted by atomic mass is 16.5. The number of rotatable bonds is 4. The third-order valence-corrected chi connectivity index (χ3v) is 4.61. The van der Waals surface area contributed by atoms with Gasteiger partial charge in [0.1, 0.15) is 17.9 Å². The second-order valence-electron chi connectivity index (χ2n) is 6.14. The van der Waals surface area contributed by atoms with Crippen molar-refractivity contribution in [2.75, 3.05) is 7.11 Å². The summed E-state index contributed by atoms with van der Waals surface area (Å²) in [5, 5.41) is 3.40. The molecule has 0 amide bonds. The first-order valence-electron chi connectivity index (χ1n) is 8.20. The van der Waals surface area contributed by atoms with Gasteiger partial charge in [-0.3, -0.25) is 0 Å². The normalized spacial score (nSPS) is 16.6. The Hall–Kier alpha value is -1.81. The summed E-state index contributed by atoms with van der Waals surface area (Å²) in [6.45, 7) is 0.832. The van der Waals surface area contributed by atoms with Crippen LogP contribution in [-0.2, 0) is 6.54 Å². The number of benzene rings is 1. The topological polar surface area (TPSA) is 56.0 Å². The number of nitrogens with two attached hydrogens (primary N) is 1. The maximum absolute atomic E-state index is 11.8. The Morgan fingerprint density at radius 2 is 1.95 bits per heavy atom. The summed E-state index contributed by atoms with van der Waals surface area (Å²) in [5.41, 5.74) is 1.37. The summed E-state index contributed by atoms with van der Waals surface area (Å²) in [7, 11) is 1.61. The van der Waals surface area contributed by atoms with Gasteiger partial charge in [-0.05, 0) is 37.8 Å². The van der Waals surface area contributed by atoms with Crippen molar-refractivity contribution in [3.63, 3.8) is 0 Å². The van der Waals surface area contributed by atoms with Crippen molar-refractivity contribution in [1.29, 1.82) is 0 Å². The van der Waals surface area contributed by atoms with Gasteiger partial charge in [0.2, 0.25) is 0 Å². The standard InChI is InChI=1S/C18H23NO3/c1-21-15-8-9-16-13(10-18(20)22-17(16)11-15)12-19-14-6-4-2-3-5-7-14/h8-11,14,19H,2-7,12H2,1H3/p+1. The van der Waals surface area contributed by atoms with Crippen LogP contribution in [0, 0.1) is 0 Å². The molecule has 4 heteroatoms. The van der Waals surface area contributed by atoms with Gasteiger partial charge in [-0.1, -0.05) is 12.8 Å². The minimum absolute atomic E-state index is 0.287. The lowest BCUT2D eigenvalue weighted by Gasteiger charge is -2.13. The lowest BCUT2D eigenvalue weighted by molar-refractivity contribution is -0.705. The van der Waals surface area contributed by atoms with Crippen LogP contribution < -0.4 is 15.7 Å². The Morgan fingerprint density at radius 3 is 2.68 bits per heavy atom. The second-order valence-corrected chi connectivity index (χ2v) is 6.14. The van der Waals surface area contributed by atoms with Crippen LogP contribution in [0.2, 0.25) is 0 Å². The third-order valence-electron chi connectivity index (χ3n) is 4.61. The smallest absolute Gasteiger partial charge is 0.336 e. The molecule has 2 N–H and O–H groups in total. The maximum Gasteiger partial charge on any atom is 0.336 e. The van der Waals surface area contributed by atoms with Crippen LogP contribution in [0.15, 0.2) is 33.5 Å². The summed E-state index contributed by atoms with van der Waals surface area (Å²) >= 11 is 0. The highest BCUT2D eigenvalue weighted by Crippen LogP contribution is 2.22. The first kappa shape index (κ1) is 15.1. The van der Waals surface area contributed by atoms with Crippen LogP contribution >= 0.6 is 0 Å². The third kappa shape index (κ3) is 3.50. The molecule has 0 bridgehead atoms. The highest BCUT2D eigenvalue weighted by molar-refractivity contribution is 5.81. The van der Waals surface area contributed by atoms with Crippen LogP contribution in [0.25, 0.3) is 11.0 Å². The Bertz CT molecular complexity index is 684. The van der Waals surface area contributed by atoms with E-state index in [9.17, 15) is 4.79 Å². The molecular formula is C18H24NO3+. The Balaban J connectivity index is 1.81. The maximum atomic E-state index is 11.8. The average molecular weight is 302 g/mol. The molecular weight excluding hydrogens is 278 g/mol. The number of ether oxygens (including phenoxy) is 1. The lowest BCUT2D eigenvalue weighted by atomic mass is 10.1. The van der Waals surface area contributed by atoms with Gasteiger partial charge in [0, 0.05) is 23.1 Å². The second kappa shape index (κ2) is 6.97. The van der Waals surface area contributed by atoms with Crippen molar-refractivity contribution in [1.82, 2.24) is 0 Å². The highest BCUT2D eigenvalue weighted by Gasteiger charge is 2.16. The average Bonchev–Trinajstić information content (AvgIpc) is 2.80. The van der Waals surface area contributed by atoms with E-state index in [4.69, 9.17) is 9.15 Å². The van der Waals surface area contributed by atoms with Crippen LogP contribution in [-0.4, -0.2) is 13.2 Å². The van der Waals surface area contributed by atoms with E-state index >= 15 is 0 Å². The fraction of sp³-hybridized carbons (Fsp3) is 0.500. The van der Waals surface area contributed by atoms with Crippen LogP contribution in [0.5, 0.6) is 5.75 Å². The molecule has 1 aliphatic carbocycles. The Labute approximate surface area is 130 Å². The van der Waals surface area contributed by atoms with Gasteiger partial charge in [0.05, 0.1) is 13.2 Å². The molecule has 0 radical (unpaired) electrons. The number of methoxy groups -OCH3 is 1. The minimum Gasteiger partial charge on any atom is -0.497 e. The van der Waals surface area contributed by atoms with Crippen LogP contribution in [0.3, 0.4) is 0 Å². The van der Waals surface area contributed by atoms with Gasteiger partial charge in [0.15, 0.2) is 0 Å². The molecule has 4 nitrogen and oxygen atoms in total. The van der Waals surface area contributed by atoms with Gasteiger partial charge in [0.25, 0.3) is 0 Å². The summed E-state index contributed by atoms with van der Waals surface area (Å²) in [6, 6.07) is 7.99. The number of fused-ring (bicyclic) bond motifs is 1. The van der Waals surface area contributed by atoms with Crippen molar-refractivity contribution in [2.45, 2.75) is 51.1 Å². The van der Waals surface area contributed by atoms with Gasteiger partial charge in [-0.25, -0.2) is 4.79 Å². The number of hydrogen-bond acceptors (Lipinski definition) is 3. The van der Waals surface area contributed by atoms with E-state index < -0.39 is 0 Å². The summed E-state index contributed by atoms with van der Waals surface area (Å²) < 4.78 is 10.5. The summed E-state index contributed by atoms with van der Waals surface area (Å²) in [6.07, 6.45) is 7.95. The first-order valence-corrected chi connectivity index (χ1v) is 8.20. The van der Waals surface area contributed by atoms with E-state index in [2.05, 4.69) is 5.32 Å². The Kier molecular flexibility index (Phi) is 4.78. The van der Waals surface area contributed by atoms with E-state index in [0.717, 1.165) is 17.5 Å². The molecule has 1 aromatic carbocycles. The van der Waals surface area contributed by atoms with E-state index in [1.54, 1.807) is 19.2 Å².